The van der Waals surface area contributed by atoms with Crippen LogP contribution in [0.3, 0.4) is 0 Å². The maximum atomic E-state index is 10.7. The Morgan fingerprint density at radius 2 is 2.58 bits per heavy atom. The third-order valence-electron chi connectivity index (χ3n) is 2.17. The average Bonchev–Trinajstić information content (AvgIpc) is 2.47. The molecule has 2 aliphatic heterocycles. The van der Waals surface area contributed by atoms with E-state index in [0.717, 1.165) is 18.8 Å². The number of hydrogen-bond donors (Lipinski definition) is 3. The van der Waals surface area contributed by atoms with Gasteiger partial charge >= 0.3 is 5.97 Å². The van der Waals surface area contributed by atoms with Crippen molar-refractivity contribution < 1.29 is 9.90 Å². The van der Waals surface area contributed by atoms with Gasteiger partial charge in [0.05, 0.1) is 12.4 Å². The van der Waals surface area contributed by atoms with Crippen LogP contribution in [-0.4, -0.2) is 41.8 Å². The van der Waals surface area contributed by atoms with Gasteiger partial charge in [-0.15, -0.1) is 0 Å². The normalized spacial score (nSPS) is 27.5. The Balaban J connectivity index is 2.20. The molecule has 2 rings (SSSR count). The minimum Gasteiger partial charge on any atom is -0.480 e. The lowest BCUT2D eigenvalue weighted by Crippen LogP contribution is -2.36. The largest absolute Gasteiger partial charge is 0.480 e. The quantitative estimate of drug-likeness (QED) is 0.457. The van der Waals surface area contributed by atoms with Gasteiger partial charge < -0.3 is 15.3 Å². The van der Waals surface area contributed by atoms with Crippen LogP contribution in [0.1, 0.15) is 0 Å². The smallest absolute Gasteiger partial charge is 0.327 e. The first kappa shape index (κ1) is 7.42. The fourth-order valence-electron chi connectivity index (χ4n) is 1.55. The zero-order chi connectivity index (χ0) is 8.55. The minimum atomic E-state index is -0.813. The lowest BCUT2D eigenvalue weighted by atomic mass is 10.2. The van der Waals surface area contributed by atoms with Crippen molar-refractivity contribution in [2.45, 2.75) is 6.04 Å². The van der Waals surface area contributed by atoms with Gasteiger partial charge in [-0.25, -0.2) is 0 Å². The highest BCUT2D eigenvalue weighted by atomic mass is 16.4. The number of carboxylic acid groups (broad SMARTS) is 1. The van der Waals surface area contributed by atoms with Gasteiger partial charge in [-0.2, -0.15) is 0 Å². The van der Waals surface area contributed by atoms with E-state index in [1.807, 2.05) is 4.90 Å². The predicted octanol–water partition coefficient (Wildman–Crippen LogP) is -1.25. The number of fused-ring (bicyclic) bond motifs is 1. The van der Waals surface area contributed by atoms with Crippen LogP contribution >= 0.6 is 0 Å². The molecule has 0 aromatic heterocycles. The van der Waals surface area contributed by atoms with Crippen molar-refractivity contribution in [1.82, 2.24) is 15.5 Å². The molecular weight excluding hydrogens is 158 g/mol. The van der Waals surface area contributed by atoms with Crippen LogP contribution in [0.5, 0.6) is 0 Å². The molecule has 5 heteroatoms. The van der Waals surface area contributed by atoms with E-state index in [2.05, 4.69) is 10.6 Å². The second kappa shape index (κ2) is 2.67. The van der Waals surface area contributed by atoms with E-state index in [1.54, 1.807) is 6.20 Å². The van der Waals surface area contributed by atoms with Gasteiger partial charge in [-0.3, -0.25) is 10.1 Å². The summed E-state index contributed by atoms with van der Waals surface area (Å²) in [4.78, 5) is 12.7. The fraction of sp³-hybridized carbons (Fsp3) is 0.571. The summed E-state index contributed by atoms with van der Waals surface area (Å²) in [5, 5.41) is 14.7. The van der Waals surface area contributed by atoms with Crippen molar-refractivity contribution in [2.75, 3.05) is 19.8 Å². The van der Waals surface area contributed by atoms with Crippen LogP contribution in [0.2, 0.25) is 0 Å². The average molecular weight is 169 g/mol. The molecule has 2 heterocycles. The van der Waals surface area contributed by atoms with Gasteiger partial charge in [0.2, 0.25) is 0 Å². The van der Waals surface area contributed by atoms with E-state index in [0.29, 0.717) is 6.67 Å². The van der Waals surface area contributed by atoms with Crippen molar-refractivity contribution in [1.29, 1.82) is 0 Å². The Labute approximate surface area is 70.0 Å². The molecule has 0 radical (unpaired) electrons. The SMILES string of the molecule is O=C(O)C1NCN2CCNC=C12. The first-order valence-electron chi connectivity index (χ1n) is 3.93. The third kappa shape index (κ3) is 1.02. The van der Waals surface area contributed by atoms with E-state index < -0.39 is 12.0 Å². The van der Waals surface area contributed by atoms with Crippen LogP contribution in [0.15, 0.2) is 11.9 Å². The molecule has 0 aromatic rings. The number of aliphatic carboxylic acids is 1. The van der Waals surface area contributed by atoms with Gasteiger partial charge in [0.25, 0.3) is 0 Å². The summed E-state index contributed by atoms with van der Waals surface area (Å²) in [5.41, 5.74) is 0.841. The molecule has 1 unspecified atom stereocenters. The van der Waals surface area contributed by atoms with Gasteiger partial charge in [-0.05, 0) is 0 Å². The number of rotatable bonds is 1. The number of nitrogens with one attached hydrogen (secondary N) is 2. The Morgan fingerprint density at radius 3 is 3.33 bits per heavy atom. The Morgan fingerprint density at radius 1 is 1.75 bits per heavy atom. The number of hydrogen-bond acceptors (Lipinski definition) is 4. The van der Waals surface area contributed by atoms with Crippen molar-refractivity contribution >= 4 is 5.97 Å². The van der Waals surface area contributed by atoms with E-state index in [9.17, 15) is 4.79 Å². The molecule has 0 aromatic carbocycles. The highest BCUT2D eigenvalue weighted by Crippen LogP contribution is 2.16. The lowest BCUT2D eigenvalue weighted by molar-refractivity contribution is -0.138. The van der Waals surface area contributed by atoms with Gasteiger partial charge in [0.15, 0.2) is 0 Å². The lowest BCUT2D eigenvalue weighted by Gasteiger charge is -2.24. The molecule has 0 spiro atoms. The van der Waals surface area contributed by atoms with Crippen LogP contribution in [0.25, 0.3) is 0 Å². The van der Waals surface area contributed by atoms with Crippen LogP contribution in [0.4, 0.5) is 0 Å². The molecule has 12 heavy (non-hydrogen) atoms. The van der Waals surface area contributed by atoms with Crippen molar-refractivity contribution in [3.63, 3.8) is 0 Å². The van der Waals surface area contributed by atoms with Crippen LogP contribution in [-0.2, 0) is 4.79 Å². The van der Waals surface area contributed by atoms with Crippen molar-refractivity contribution in [3.8, 4) is 0 Å². The molecule has 66 valence electrons. The van der Waals surface area contributed by atoms with Gasteiger partial charge in [-0.1, -0.05) is 0 Å². The Hall–Kier alpha value is -1.23. The molecule has 0 bridgehead atoms. The molecule has 0 aliphatic carbocycles. The fourth-order valence-corrected chi connectivity index (χ4v) is 1.55. The van der Waals surface area contributed by atoms with Crippen LogP contribution < -0.4 is 10.6 Å². The first-order chi connectivity index (χ1) is 5.79. The molecule has 0 saturated carbocycles. The maximum absolute atomic E-state index is 10.7. The van der Waals surface area contributed by atoms with Gasteiger partial charge in [0.1, 0.15) is 6.04 Å². The number of carbonyl (C=O) groups is 1. The molecule has 3 N–H and O–H groups in total. The van der Waals surface area contributed by atoms with Crippen LogP contribution in [0, 0.1) is 0 Å². The number of nitrogens with zero attached hydrogens (tertiary/aromatic N) is 1. The molecule has 1 atom stereocenters. The molecule has 0 amide bonds. The molecule has 2 aliphatic rings. The summed E-state index contributed by atoms with van der Waals surface area (Å²) in [6.07, 6.45) is 1.78. The summed E-state index contributed by atoms with van der Waals surface area (Å²) in [5.74, 6) is -0.813. The predicted molar refractivity (Wildman–Crippen MR) is 42.2 cm³/mol. The maximum Gasteiger partial charge on any atom is 0.327 e. The second-order valence-corrected chi connectivity index (χ2v) is 2.92. The van der Waals surface area contributed by atoms with E-state index >= 15 is 0 Å². The highest BCUT2D eigenvalue weighted by molar-refractivity contribution is 5.77. The molecule has 1 saturated heterocycles. The highest BCUT2D eigenvalue weighted by Gasteiger charge is 2.33. The molecule has 5 nitrogen and oxygen atoms in total. The summed E-state index contributed by atoms with van der Waals surface area (Å²) >= 11 is 0. The molecule has 1 fully saturated rings. The van der Waals surface area contributed by atoms with E-state index in [4.69, 9.17) is 5.11 Å². The summed E-state index contributed by atoms with van der Waals surface area (Å²) in [6.45, 7) is 2.41. The van der Waals surface area contributed by atoms with Crippen molar-refractivity contribution in [3.05, 3.63) is 11.9 Å². The summed E-state index contributed by atoms with van der Waals surface area (Å²) < 4.78 is 0. The standard InChI is InChI=1S/C7H11N3O2/c11-7(12)6-5-3-8-1-2-10(5)4-9-6/h3,6,8-9H,1-2,4H2,(H,11,12). The number of carboxylic acids is 1. The zero-order valence-corrected chi connectivity index (χ0v) is 6.58. The first-order valence-corrected chi connectivity index (χ1v) is 3.93. The zero-order valence-electron chi connectivity index (χ0n) is 6.58. The summed E-state index contributed by atoms with van der Waals surface area (Å²) in [6, 6.07) is -0.530. The molecular formula is C7H11N3O2. The monoisotopic (exact) mass is 169 g/mol. The van der Waals surface area contributed by atoms with E-state index in [1.165, 1.54) is 0 Å². The van der Waals surface area contributed by atoms with Crippen molar-refractivity contribution in [2.24, 2.45) is 0 Å². The van der Waals surface area contributed by atoms with Gasteiger partial charge in [0, 0.05) is 19.3 Å². The Bertz CT molecular complexity index is 239. The Kier molecular flexibility index (Phi) is 1.65. The van der Waals surface area contributed by atoms with E-state index in [-0.39, 0.29) is 0 Å². The second-order valence-electron chi connectivity index (χ2n) is 2.92. The summed E-state index contributed by atoms with van der Waals surface area (Å²) in [7, 11) is 0. The third-order valence-corrected chi connectivity index (χ3v) is 2.17. The minimum absolute atomic E-state index is 0.530. The topological polar surface area (TPSA) is 64.6 Å².